The molecular formula is C27H35FN4O3. The molecule has 188 valence electrons. The van der Waals surface area contributed by atoms with Crippen molar-refractivity contribution in [2.45, 2.75) is 65.1 Å². The Kier molecular flexibility index (Phi) is 7.50. The lowest BCUT2D eigenvalue weighted by Gasteiger charge is -2.56. The van der Waals surface area contributed by atoms with Gasteiger partial charge in [0.05, 0.1) is 12.3 Å². The summed E-state index contributed by atoms with van der Waals surface area (Å²) in [5.41, 5.74) is 1.07. The second kappa shape index (κ2) is 10.4. The van der Waals surface area contributed by atoms with E-state index in [1.807, 2.05) is 6.92 Å². The van der Waals surface area contributed by atoms with E-state index in [9.17, 15) is 19.1 Å². The van der Waals surface area contributed by atoms with E-state index in [0.29, 0.717) is 6.54 Å². The summed E-state index contributed by atoms with van der Waals surface area (Å²) < 4.78 is 13.1. The highest BCUT2D eigenvalue weighted by molar-refractivity contribution is 5.92. The van der Waals surface area contributed by atoms with Crippen LogP contribution in [0.5, 0.6) is 0 Å². The van der Waals surface area contributed by atoms with Crippen molar-refractivity contribution >= 4 is 11.8 Å². The van der Waals surface area contributed by atoms with Crippen LogP contribution in [0.1, 0.15) is 62.5 Å². The molecule has 2 saturated carbocycles. The van der Waals surface area contributed by atoms with Crippen LogP contribution in [-0.2, 0) is 11.3 Å². The molecule has 0 spiro atoms. The highest BCUT2D eigenvalue weighted by Crippen LogP contribution is 2.55. The first-order chi connectivity index (χ1) is 16.7. The Balaban J connectivity index is 1.41. The normalized spacial score (nSPS) is 31.2. The van der Waals surface area contributed by atoms with Gasteiger partial charge in [0.25, 0.3) is 5.91 Å². The fraction of sp³-hybridized carbons (Fsp3) is 0.556. The van der Waals surface area contributed by atoms with Crippen LogP contribution in [0.15, 0.2) is 42.9 Å². The molecule has 1 aromatic heterocycles. The van der Waals surface area contributed by atoms with E-state index in [1.165, 1.54) is 30.7 Å². The standard InChI is InChI=1S/C27H35FN4O3/c1-16(25(34)31-14-18-4-6-19(28)7-5-18)20-8-10-27(3)11-9-21(17(2)23(27)24(20)33)32-26(35)22-15-29-12-13-30-22/h4-7,12-13,15-17,20-21,23-24,33H,8-11,14H2,1-3H3,(H,31,34)(H,32,35)/t16-,17+,20+,21-,23+,24-,27-/m0/s1. The predicted octanol–water partition coefficient (Wildman–Crippen LogP) is 3.49. The summed E-state index contributed by atoms with van der Waals surface area (Å²) in [6.45, 7) is 6.51. The first-order valence-corrected chi connectivity index (χ1v) is 12.5. The van der Waals surface area contributed by atoms with Gasteiger partial charge in [-0.25, -0.2) is 9.37 Å². The van der Waals surface area contributed by atoms with Crippen LogP contribution in [-0.4, -0.2) is 39.0 Å². The summed E-state index contributed by atoms with van der Waals surface area (Å²) >= 11 is 0. The summed E-state index contributed by atoms with van der Waals surface area (Å²) in [7, 11) is 0. The topological polar surface area (TPSA) is 104 Å². The molecule has 0 radical (unpaired) electrons. The zero-order chi connectivity index (χ0) is 25.2. The van der Waals surface area contributed by atoms with Crippen molar-refractivity contribution in [3.63, 3.8) is 0 Å². The van der Waals surface area contributed by atoms with Crippen molar-refractivity contribution in [3.05, 3.63) is 59.9 Å². The van der Waals surface area contributed by atoms with Gasteiger partial charge in [-0.05, 0) is 66.5 Å². The molecule has 0 bridgehead atoms. The van der Waals surface area contributed by atoms with Crippen molar-refractivity contribution in [1.82, 2.24) is 20.6 Å². The van der Waals surface area contributed by atoms with Crippen molar-refractivity contribution in [2.24, 2.45) is 29.1 Å². The molecule has 2 aliphatic carbocycles. The Morgan fingerprint density at radius 3 is 2.60 bits per heavy atom. The SMILES string of the molecule is C[C@H]1[C@@H]2[C@@H](O)[C@@H]([C@H](C)C(=O)NCc3ccc(F)cc3)CC[C@@]2(C)CC[C@@H]1NC(=O)c1cnccn1. The van der Waals surface area contributed by atoms with E-state index in [-0.39, 0.29) is 58.5 Å². The molecule has 3 N–H and O–H groups in total. The van der Waals surface area contributed by atoms with Gasteiger partial charge in [0.15, 0.2) is 0 Å². The predicted molar refractivity (Wildman–Crippen MR) is 129 cm³/mol. The second-order valence-corrected chi connectivity index (χ2v) is 10.6. The first kappa shape index (κ1) is 25.2. The van der Waals surface area contributed by atoms with Gasteiger partial charge in [-0.15, -0.1) is 0 Å². The lowest BCUT2D eigenvalue weighted by molar-refractivity contribution is -0.142. The Bertz CT molecular complexity index is 1030. The third kappa shape index (κ3) is 5.37. The van der Waals surface area contributed by atoms with E-state index in [1.54, 1.807) is 12.1 Å². The smallest absolute Gasteiger partial charge is 0.271 e. The summed E-state index contributed by atoms with van der Waals surface area (Å²) in [5, 5.41) is 17.6. The van der Waals surface area contributed by atoms with Crippen molar-refractivity contribution in [3.8, 4) is 0 Å². The molecule has 2 fully saturated rings. The second-order valence-electron chi connectivity index (χ2n) is 10.6. The lowest BCUT2D eigenvalue weighted by atomic mass is 9.51. The molecule has 0 aliphatic heterocycles. The number of hydrogen-bond donors (Lipinski definition) is 3. The molecule has 35 heavy (non-hydrogen) atoms. The molecule has 1 aromatic carbocycles. The minimum absolute atomic E-state index is 0.0329. The van der Waals surface area contributed by atoms with Crippen LogP contribution in [0.4, 0.5) is 4.39 Å². The first-order valence-electron chi connectivity index (χ1n) is 12.5. The van der Waals surface area contributed by atoms with Gasteiger partial charge in [-0.3, -0.25) is 14.6 Å². The summed E-state index contributed by atoms with van der Waals surface area (Å²) in [5.74, 6) is -1.20. The van der Waals surface area contributed by atoms with Gasteiger partial charge >= 0.3 is 0 Å². The largest absolute Gasteiger partial charge is 0.392 e. The molecule has 7 atom stereocenters. The highest BCUT2D eigenvalue weighted by Gasteiger charge is 2.53. The van der Waals surface area contributed by atoms with Crippen LogP contribution < -0.4 is 10.6 Å². The van der Waals surface area contributed by atoms with Crippen molar-refractivity contribution < 1.29 is 19.1 Å². The van der Waals surface area contributed by atoms with Gasteiger partial charge in [0, 0.05) is 30.9 Å². The third-order valence-electron chi connectivity index (χ3n) is 8.44. The number of carbonyl (C=O) groups excluding carboxylic acids is 2. The average Bonchev–Trinajstić information content (AvgIpc) is 2.85. The molecule has 2 amide bonds. The maximum Gasteiger partial charge on any atom is 0.271 e. The lowest BCUT2D eigenvalue weighted by Crippen LogP contribution is -2.58. The molecule has 0 unspecified atom stereocenters. The number of nitrogens with zero attached hydrogens (tertiary/aromatic N) is 2. The number of halogens is 1. The zero-order valence-electron chi connectivity index (χ0n) is 20.6. The van der Waals surface area contributed by atoms with Crippen LogP contribution in [0.25, 0.3) is 0 Å². The number of aromatic nitrogens is 2. The number of aliphatic hydroxyl groups is 1. The minimum atomic E-state index is -0.647. The molecule has 8 heteroatoms. The number of fused-ring (bicyclic) bond motifs is 1. The van der Waals surface area contributed by atoms with E-state index in [0.717, 1.165) is 31.2 Å². The number of benzene rings is 1. The highest BCUT2D eigenvalue weighted by atomic mass is 19.1. The number of aliphatic hydroxyl groups excluding tert-OH is 1. The number of amides is 2. The molecule has 2 aromatic rings. The molecule has 1 heterocycles. The fourth-order valence-corrected chi connectivity index (χ4v) is 6.30. The Morgan fingerprint density at radius 1 is 1.20 bits per heavy atom. The summed E-state index contributed by atoms with van der Waals surface area (Å²) in [6, 6.07) is 5.97. The van der Waals surface area contributed by atoms with E-state index >= 15 is 0 Å². The van der Waals surface area contributed by atoms with Crippen LogP contribution in [0.2, 0.25) is 0 Å². The monoisotopic (exact) mass is 482 g/mol. The maximum absolute atomic E-state index is 13.1. The molecule has 0 saturated heterocycles. The number of carbonyl (C=O) groups is 2. The summed E-state index contributed by atoms with van der Waals surface area (Å²) in [6.07, 6.45) is 7.28. The van der Waals surface area contributed by atoms with E-state index in [4.69, 9.17) is 0 Å². The Morgan fingerprint density at radius 2 is 1.91 bits per heavy atom. The third-order valence-corrected chi connectivity index (χ3v) is 8.44. The molecule has 4 rings (SSSR count). The van der Waals surface area contributed by atoms with Crippen molar-refractivity contribution in [1.29, 1.82) is 0 Å². The Hall–Kier alpha value is -2.87. The van der Waals surface area contributed by atoms with E-state index in [2.05, 4.69) is 34.4 Å². The summed E-state index contributed by atoms with van der Waals surface area (Å²) in [4.78, 5) is 33.7. The van der Waals surface area contributed by atoms with Gasteiger partial charge in [0.1, 0.15) is 11.5 Å². The maximum atomic E-state index is 13.1. The van der Waals surface area contributed by atoms with Gasteiger partial charge in [0.2, 0.25) is 5.91 Å². The van der Waals surface area contributed by atoms with Crippen LogP contribution in [0, 0.1) is 34.9 Å². The Labute approximate surface area is 206 Å². The number of rotatable bonds is 6. The van der Waals surface area contributed by atoms with Crippen molar-refractivity contribution in [2.75, 3.05) is 0 Å². The van der Waals surface area contributed by atoms with Gasteiger partial charge in [-0.2, -0.15) is 0 Å². The van der Waals surface area contributed by atoms with E-state index < -0.39 is 6.10 Å². The van der Waals surface area contributed by atoms with Gasteiger partial charge in [-0.1, -0.05) is 32.9 Å². The van der Waals surface area contributed by atoms with Crippen LogP contribution >= 0.6 is 0 Å². The molecule has 2 aliphatic rings. The molecular weight excluding hydrogens is 447 g/mol. The zero-order valence-corrected chi connectivity index (χ0v) is 20.6. The number of nitrogens with one attached hydrogen (secondary N) is 2. The minimum Gasteiger partial charge on any atom is -0.392 e. The average molecular weight is 483 g/mol. The number of hydrogen-bond acceptors (Lipinski definition) is 5. The van der Waals surface area contributed by atoms with Gasteiger partial charge < -0.3 is 15.7 Å². The fourth-order valence-electron chi connectivity index (χ4n) is 6.30. The molecule has 7 nitrogen and oxygen atoms in total. The quantitative estimate of drug-likeness (QED) is 0.585. The van der Waals surface area contributed by atoms with Crippen LogP contribution in [0.3, 0.4) is 0 Å².